The maximum Gasteiger partial charge on any atom is 0.161 e. The highest BCUT2D eigenvalue weighted by molar-refractivity contribution is 5.74. The summed E-state index contributed by atoms with van der Waals surface area (Å²) in [5.74, 6) is 4.74. The Labute approximate surface area is 119 Å². The van der Waals surface area contributed by atoms with E-state index in [-0.39, 0.29) is 0 Å². The summed E-state index contributed by atoms with van der Waals surface area (Å²) < 4.78 is 16.0. The van der Waals surface area contributed by atoms with Crippen molar-refractivity contribution in [3.63, 3.8) is 0 Å². The van der Waals surface area contributed by atoms with Crippen LogP contribution in [0.2, 0.25) is 0 Å². The van der Waals surface area contributed by atoms with Gasteiger partial charge >= 0.3 is 0 Å². The molecule has 0 heterocycles. The van der Waals surface area contributed by atoms with Crippen molar-refractivity contribution in [2.45, 2.75) is 0 Å². The topological polar surface area (TPSA) is 27.7 Å². The second-order valence-electron chi connectivity index (χ2n) is 4.13. The molecule has 0 aromatic heterocycles. The van der Waals surface area contributed by atoms with Crippen LogP contribution in [0.15, 0.2) is 36.4 Å². The van der Waals surface area contributed by atoms with Crippen LogP contribution in [0.1, 0.15) is 5.56 Å². The van der Waals surface area contributed by atoms with Crippen molar-refractivity contribution in [3.05, 3.63) is 42.0 Å². The largest absolute Gasteiger partial charge is 0.496 e. The van der Waals surface area contributed by atoms with E-state index in [0.29, 0.717) is 11.5 Å². The summed E-state index contributed by atoms with van der Waals surface area (Å²) >= 11 is 0. The standard InChI is InChI=1S/C17H16O3/c1-5-12-6-8-15(18-2)14(10-12)13-7-9-16(19-3)17(11-13)20-4/h1,6-11H,2-4H3. The van der Waals surface area contributed by atoms with E-state index in [0.717, 1.165) is 22.4 Å². The fourth-order valence-corrected chi connectivity index (χ4v) is 2.03. The number of benzene rings is 2. The minimum Gasteiger partial charge on any atom is -0.496 e. The first-order valence-electron chi connectivity index (χ1n) is 6.10. The number of methoxy groups -OCH3 is 3. The second kappa shape index (κ2) is 6.03. The van der Waals surface area contributed by atoms with E-state index in [2.05, 4.69) is 5.92 Å². The van der Waals surface area contributed by atoms with Crippen LogP contribution >= 0.6 is 0 Å². The van der Waals surface area contributed by atoms with E-state index in [1.54, 1.807) is 21.3 Å². The SMILES string of the molecule is C#Cc1ccc(OC)c(-c2ccc(OC)c(OC)c2)c1. The third kappa shape index (κ3) is 2.55. The highest BCUT2D eigenvalue weighted by atomic mass is 16.5. The minimum atomic E-state index is 0.665. The fourth-order valence-electron chi connectivity index (χ4n) is 2.03. The van der Waals surface area contributed by atoms with Gasteiger partial charge in [-0.15, -0.1) is 6.42 Å². The highest BCUT2D eigenvalue weighted by Gasteiger charge is 2.10. The lowest BCUT2D eigenvalue weighted by Gasteiger charge is -2.12. The highest BCUT2D eigenvalue weighted by Crippen LogP contribution is 2.36. The molecule has 0 bridgehead atoms. The van der Waals surface area contributed by atoms with Crippen molar-refractivity contribution in [2.75, 3.05) is 21.3 Å². The van der Waals surface area contributed by atoms with Crippen LogP contribution < -0.4 is 14.2 Å². The third-order valence-electron chi connectivity index (χ3n) is 3.06. The van der Waals surface area contributed by atoms with Gasteiger partial charge in [0.2, 0.25) is 0 Å². The number of terminal acetylenes is 1. The molecule has 0 N–H and O–H groups in total. The molecule has 0 fully saturated rings. The summed E-state index contributed by atoms with van der Waals surface area (Å²) in [5, 5.41) is 0. The van der Waals surface area contributed by atoms with E-state index < -0.39 is 0 Å². The lowest BCUT2D eigenvalue weighted by Crippen LogP contribution is -1.93. The van der Waals surface area contributed by atoms with Crippen molar-refractivity contribution < 1.29 is 14.2 Å². The van der Waals surface area contributed by atoms with Crippen LogP contribution in [0, 0.1) is 12.3 Å². The van der Waals surface area contributed by atoms with E-state index in [1.165, 1.54) is 0 Å². The van der Waals surface area contributed by atoms with E-state index in [1.807, 2.05) is 36.4 Å². The normalized spacial score (nSPS) is 9.70. The zero-order valence-electron chi connectivity index (χ0n) is 11.8. The number of hydrogen-bond acceptors (Lipinski definition) is 3. The summed E-state index contributed by atoms with van der Waals surface area (Å²) in [7, 11) is 4.85. The summed E-state index contributed by atoms with van der Waals surface area (Å²) in [6, 6.07) is 11.3. The molecule has 2 aromatic carbocycles. The Morgan fingerprint density at radius 3 is 2.05 bits per heavy atom. The van der Waals surface area contributed by atoms with Gasteiger partial charge in [-0.2, -0.15) is 0 Å². The molecule has 2 aromatic rings. The first-order valence-corrected chi connectivity index (χ1v) is 6.10. The third-order valence-corrected chi connectivity index (χ3v) is 3.06. The maximum absolute atomic E-state index is 5.45. The van der Waals surface area contributed by atoms with E-state index in [4.69, 9.17) is 20.6 Å². The molecule has 3 nitrogen and oxygen atoms in total. The lowest BCUT2D eigenvalue weighted by molar-refractivity contribution is 0.355. The smallest absolute Gasteiger partial charge is 0.161 e. The average molecular weight is 268 g/mol. The van der Waals surface area contributed by atoms with Crippen LogP contribution in [-0.2, 0) is 0 Å². The zero-order chi connectivity index (χ0) is 14.5. The Morgan fingerprint density at radius 2 is 1.45 bits per heavy atom. The molecule has 0 saturated heterocycles. The molecule has 0 aliphatic heterocycles. The Bertz CT molecular complexity index is 654. The molecule has 0 radical (unpaired) electrons. The predicted octanol–water partition coefficient (Wildman–Crippen LogP) is 3.36. The van der Waals surface area contributed by atoms with Gasteiger partial charge in [0, 0.05) is 11.1 Å². The van der Waals surface area contributed by atoms with Crippen molar-refractivity contribution in [1.29, 1.82) is 0 Å². The average Bonchev–Trinajstić information content (AvgIpc) is 2.53. The van der Waals surface area contributed by atoms with Gasteiger partial charge in [0.05, 0.1) is 21.3 Å². The van der Waals surface area contributed by atoms with Gasteiger partial charge < -0.3 is 14.2 Å². The molecule has 0 atom stereocenters. The molecule has 0 aliphatic carbocycles. The summed E-state index contributed by atoms with van der Waals surface area (Å²) in [4.78, 5) is 0. The molecule has 0 spiro atoms. The van der Waals surface area contributed by atoms with Gasteiger partial charge in [-0.3, -0.25) is 0 Å². The summed E-state index contributed by atoms with van der Waals surface area (Å²) in [6.45, 7) is 0. The number of hydrogen-bond donors (Lipinski definition) is 0. The van der Waals surface area contributed by atoms with Crippen LogP contribution in [0.3, 0.4) is 0 Å². The monoisotopic (exact) mass is 268 g/mol. The van der Waals surface area contributed by atoms with Gasteiger partial charge in [-0.05, 0) is 35.9 Å². The molecular weight excluding hydrogens is 252 g/mol. The van der Waals surface area contributed by atoms with Crippen LogP contribution in [-0.4, -0.2) is 21.3 Å². The first-order chi connectivity index (χ1) is 9.73. The lowest BCUT2D eigenvalue weighted by atomic mass is 10.0. The zero-order valence-corrected chi connectivity index (χ0v) is 11.8. The predicted molar refractivity (Wildman–Crippen MR) is 79.5 cm³/mol. The Morgan fingerprint density at radius 1 is 0.800 bits per heavy atom. The molecule has 102 valence electrons. The number of ether oxygens (including phenoxy) is 3. The van der Waals surface area contributed by atoms with Crippen molar-refractivity contribution in [1.82, 2.24) is 0 Å². The van der Waals surface area contributed by atoms with Crippen LogP contribution in [0.4, 0.5) is 0 Å². The van der Waals surface area contributed by atoms with Gasteiger partial charge in [0.1, 0.15) is 5.75 Å². The molecule has 2 rings (SSSR count). The first kappa shape index (κ1) is 13.8. The molecule has 0 saturated carbocycles. The quantitative estimate of drug-likeness (QED) is 0.796. The Hall–Kier alpha value is -2.60. The van der Waals surface area contributed by atoms with Gasteiger partial charge in [-0.1, -0.05) is 12.0 Å². The van der Waals surface area contributed by atoms with Gasteiger partial charge in [0.15, 0.2) is 11.5 Å². The second-order valence-corrected chi connectivity index (χ2v) is 4.13. The molecular formula is C17H16O3. The fraction of sp³-hybridized carbons (Fsp3) is 0.176. The Kier molecular flexibility index (Phi) is 4.17. The van der Waals surface area contributed by atoms with Crippen LogP contribution in [0.25, 0.3) is 11.1 Å². The van der Waals surface area contributed by atoms with E-state index in [9.17, 15) is 0 Å². The van der Waals surface area contributed by atoms with E-state index >= 15 is 0 Å². The molecule has 0 amide bonds. The molecule has 20 heavy (non-hydrogen) atoms. The molecule has 0 unspecified atom stereocenters. The van der Waals surface area contributed by atoms with Gasteiger partial charge in [0.25, 0.3) is 0 Å². The van der Waals surface area contributed by atoms with Crippen molar-refractivity contribution in [3.8, 4) is 40.7 Å². The summed E-state index contributed by atoms with van der Waals surface area (Å²) in [6.07, 6.45) is 5.45. The van der Waals surface area contributed by atoms with Crippen molar-refractivity contribution >= 4 is 0 Å². The van der Waals surface area contributed by atoms with Crippen LogP contribution in [0.5, 0.6) is 17.2 Å². The van der Waals surface area contributed by atoms with Crippen molar-refractivity contribution in [2.24, 2.45) is 0 Å². The minimum absolute atomic E-state index is 0.665. The van der Waals surface area contributed by atoms with Gasteiger partial charge in [-0.25, -0.2) is 0 Å². The maximum atomic E-state index is 5.45. The Balaban J connectivity index is 2.58. The summed E-state index contributed by atoms with van der Waals surface area (Å²) in [5.41, 5.74) is 2.68. The molecule has 0 aliphatic rings. The number of rotatable bonds is 4. The molecule has 3 heteroatoms.